The number of piperidine rings is 1. The summed E-state index contributed by atoms with van der Waals surface area (Å²) in [6, 6.07) is 7.28. The van der Waals surface area contributed by atoms with Crippen LogP contribution in [-0.4, -0.2) is 32.9 Å². The van der Waals surface area contributed by atoms with E-state index in [0.717, 1.165) is 24.8 Å². The van der Waals surface area contributed by atoms with E-state index >= 15 is 0 Å². The summed E-state index contributed by atoms with van der Waals surface area (Å²) in [5, 5.41) is 3.04. The maximum Gasteiger partial charge on any atom is 0.243 e. The van der Waals surface area contributed by atoms with Gasteiger partial charge in [-0.05, 0) is 37.4 Å². The molecule has 0 amide bonds. The normalized spacial score (nSPS) is 21.0. The fourth-order valence-corrected chi connectivity index (χ4v) is 4.59. The van der Waals surface area contributed by atoms with Crippen LogP contribution in [0.2, 0.25) is 0 Å². The molecule has 0 radical (unpaired) electrons. The smallest absolute Gasteiger partial charge is 0.243 e. The summed E-state index contributed by atoms with van der Waals surface area (Å²) in [6.07, 6.45) is 3.15. The molecule has 0 saturated carbocycles. The summed E-state index contributed by atoms with van der Waals surface area (Å²) in [6.45, 7) is 4.01. The molecule has 0 aromatic heterocycles. The maximum absolute atomic E-state index is 12.8. The second-order valence-corrected chi connectivity index (χ2v) is 7.32. The van der Waals surface area contributed by atoms with Gasteiger partial charge in [0.1, 0.15) is 0 Å². The number of benzene rings is 1. The number of rotatable bonds is 5. The van der Waals surface area contributed by atoms with Crippen molar-refractivity contribution in [1.29, 1.82) is 0 Å². The first-order chi connectivity index (χ1) is 9.59. The Morgan fingerprint density at radius 2 is 2.10 bits per heavy atom. The Balaban J connectivity index is 2.30. The molecule has 0 spiro atoms. The van der Waals surface area contributed by atoms with E-state index in [-0.39, 0.29) is 0 Å². The average Bonchev–Trinajstić information content (AvgIpc) is 2.48. The van der Waals surface area contributed by atoms with Gasteiger partial charge in [0.2, 0.25) is 10.0 Å². The van der Waals surface area contributed by atoms with Crippen LogP contribution in [-0.2, 0) is 16.6 Å². The third-order valence-electron chi connectivity index (χ3n) is 4.02. The van der Waals surface area contributed by atoms with Crippen LogP contribution in [0.5, 0.6) is 0 Å². The Labute approximate surface area is 122 Å². The van der Waals surface area contributed by atoms with Crippen LogP contribution in [0, 0.1) is 5.92 Å². The number of sulfonamides is 1. The number of hydrogen-bond donors (Lipinski definition) is 1. The van der Waals surface area contributed by atoms with Gasteiger partial charge in [-0.2, -0.15) is 4.31 Å². The third kappa shape index (κ3) is 3.22. The summed E-state index contributed by atoms with van der Waals surface area (Å²) < 4.78 is 27.4. The Kier molecular flexibility index (Phi) is 5.18. The monoisotopic (exact) mass is 296 g/mol. The lowest BCUT2D eigenvalue weighted by atomic mass is 9.97. The first kappa shape index (κ1) is 15.5. The molecular weight excluding hydrogens is 272 g/mol. The van der Waals surface area contributed by atoms with E-state index in [9.17, 15) is 8.42 Å². The van der Waals surface area contributed by atoms with Crippen molar-refractivity contribution < 1.29 is 8.42 Å². The Bertz CT molecular complexity index is 543. The van der Waals surface area contributed by atoms with Gasteiger partial charge in [0.15, 0.2) is 0 Å². The van der Waals surface area contributed by atoms with Crippen molar-refractivity contribution in [2.75, 3.05) is 20.1 Å². The largest absolute Gasteiger partial charge is 0.316 e. The first-order valence-corrected chi connectivity index (χ1v) is 8.76. The molecule has 5 heteroatoms. The number of hydrogen-bond acceptors (Lipinski definition) is 3. The van der Waals surface area contributed by atoms with Gasteiger partial charge in [-0.15, -0.1) is 0 Å². The molecule has 112 valence electrons. The average molecular weight is 296 g/mol. The fourth-order valence-electron chi connectivity index (χ4n) is 2.81. The second-order valence-electron chi connectivity index (χ2n) is 5.42. The van der Waals surface area contributed by atoms with Gasteiger partial charge in [0, 0.05) is 19.6 Å². The minimum absolute atomic E-state index is 0.450. The zero-order valence-electron chi connectivity index (χ0n) is 12.3. The molecule has 1 atom stereocenters. The quantitative estimate of drug-likeness (QED) is 0.906. The van der Waals surface area contributed by atoms with Crippen LogP contribution in [0.25, 0.3) is 0 Å². The van der Waals surface area contributed by atoms with Crippen LogP contribution in [0.4, 0.5) is 0 Å². The lowest BCUT2D eigenvalue weighted by Gasteiger charge is -2.31. The number of nitrogens with zero attached hydrogens (tertiary/aromatic N) is 1. The Morgan fingerprint density at radius 3 is 2.80 bits per heavy atom. The van der Waals surface area contributed by atoms with E-state index in [0.29, 0.717) is 30.4 Å². The molecular formula is C15H24N2O2S. The van der Waals surface area contributed by atoms with Gasteiger partial charge < -0.3 is 5.32 Å². The first-order valence-electron chi connectivity index (χ1n) is 7.32. The molecule has 1 aliphatic heterocycles. The molecule has 1 aromatic carbocycles. The van der Waals surface area contributed by atoms with Crippen LogP contribution in [0.3, 0.4) is 0 Å². The van der Waals surface area contributed by atoms with Gasteiger partial charge in [-0.3, -0.25) is 0 Å². The number of nitrogens with one attached hydrogen (secondary N) is 1. The highest BCUT2D eigenvalue weighted by atomic mass is 32.2. The van der Waals surface area contributed by atoms with Crippen molar-refractivity contribution in [3.8, 4) is 0 Å². The molecule has 1 N–H and O–H groups in total. The van der Waals surface area contributed by atoms with Gasteiger partial charge in [-0.1, -0.05) is 31.5 Å². The Hall–Kier alpha value is -0.910. The van der Waals surface area contributed by atoms with Crippen LogP contribution < -0.4 is 5.32 Å². The zero-order valence-corrected chi connectivity index (χ0v) is 13.1. The summed E-state index contributed by atoms with van der Waals surface area (Å²) in [5.74, 6) is 0.495. The molecule has 1 fully saturated rings. The van der Waals surface area contributed by atoms with Crippen LogP contribution >= 0.6 is 0 Å². The minimum Gasteiger partial charge on any atom is -0.316 e. The summed E-state index contributed by atoms with van der Waals surface area (Å²) in [7, 11) is -1.53. The van der Waals surface area contributed by atoms with Crippen molar-refractivity contribution in [2.24, 2.45) is 5.92 Å². The summed E-state index contributed by atoms with van der Waals surface area (Å²) >= 11 is 0. The molecule has 1 unspecified atom stereocenters. The van der Waals surface area contributed by atoms with Crippen molar-refractivity contribution in [1.82, 2.24) is 9.62 Å². The molecule has 1 saturated heterocycles. The van der Waals surface area contributed by atoms with Crippen molar-refractivity contribution in [3.63, 3.8) is 0 Å². The minimum atomic E-state index is -3.36. The highest BCUT2D eigenvalue weighted by Gasteiger charge is 2.30. The molecule has 4 nitrogen and oxygen atoms in total. The van der Waals surface area contributed by atoms with Crippen molar-refractivity contribution in [3.05, 3.63) is 29.8 Å². The second kappa shape index (κ2) is 6.70. The fraction of sp³-hybridized carbons (Fsp3) is 0.600. The SMILES string of the molecule is CCC1CCCN(S(=O)(=O)c2ccccc2CNC)C1. The van der Waals surface area contributed by atoms with E-state index in [4.69, 9.17) is 0 Å². The van der Waals surface area contributed by atoms with Gasteiger partial charge >= 0.3 is 0 Å². The zero-order chi connectivity index (χ0) is 14.6. The maximum atomic E-state index is 12.8. The lowest BCUT2D eigenvalue weighted by molar-refractivity contribution is 0.261. The van der Waals surface area contributed by atoms with E-state index in [2.05, 4.69) is 12.2 Å². The van der Waals surface area contributed by atoms with E-state index in [1.807, 2.05) is 19.2 Å². The van der Waals surface area contributed by atoms with E-state index in [1.54, 1.807) is 16.4 Å². The Morgan fingerprint density at radius 1 is 1.35 bits per heavy atom. The standard InChI is InChI=1S/C15H24N2O2S/c1-3-13-7-6-10-17(12-13)20(18,19)15-9-5-4-8-14(15)11-16-2/h4-5,8-9,13,16H,3,6-7,10-12H2,1-2H3. The summed E-state index contributed by atoms with van der Waals surface area (Å²) in [5.41, 5.74) is 0.841. The van der Waals surface area contributed by atoms with E-state index < -0.39 is 10.0 Å². The topological polar surface area (TPSA) is 49.4 Å². The molecule has 1 heterocycles. The van der Waals surface area contributed by atoms with Crippen molar-refractivity contribution >= 4 is 10.0 Å². The molecule has 20 heavy (non-hydrogen) atoms. The van der Waals surface area contributed by atoms with Gasteiger partial charge in [-0.25, -0.2) is 8.42 Å². The van der Waals surface area contributed by atoms with Gasteiger partial charge in [0.25, 0.3) is 0 Å². The molecule has 1 aromatic rings. The van der Waals surface area contributed by atoms with Crippen LogP contribution in [0.1, 0.15) is 31.7 Å². The van der Waals surface area contributed by atoms with Crippen molar-refractivity contribution in [2.45, 2.75) is 37.6 Å². The van der Waals surface area contributed by atoms with Gasteiger partial charge in [0.05, 0.1) is 4.90 Å². The molecule has 2 rings (SSSR count). The third-order valence-corrected chi connectivity index (χ3v) is 5.98. The lowest BCUT2D eigenvalue weighted by Crippen LogP contribution is -2.40. The summed E-state index contributed by atoms with van der Waals surface area (Å²) in [4.78, 5) is 0.450. The highest BCUT2D eigenvalue weighted by molar-refractivity contribution is 7.89. The van der Waals surface area contributed by atoms with Crippen LogP contribution in [0.15, 0.2) is 29.2 Å². The predicted octanol–water partition coefficient (Wildman–Crippen LogP) is 2.22. The highest BCUT2D eigenvalue weighted by Crippen LogP contribution is 2.26. The molecule has 1 aliphatic rings. The predicted molar refractivity (Wildman–Crippen MR) is 81.0 cm³/mol. The van der Waals surface area contributed by atoms with E-state index in [1.165, 1.54) is 0 Å². The molecule has 0 aliphatic carbocycles. The molecule has 0 bridgehead atoms.